The summed E-state index contributed by atoms with van der Waals surface area (Å²) in [6.45, 7) is 6.63. The van der Waals surface area contributed by atoms with Crippen molar-refractivity contribution < 1.29 is 4.79 Å². The van der Waals surface area contributed by atoms with Gasteiger partial charge < -0.3 is 5.32 Å². The van der Waals surface area contributed by atoms with Gasteiger partial charge in [-0.1, -0.05) is 6.42 Å². The first-order valence-corrected chi connectivity index (χ1v) is 7.16. The van der Waals surface area contributed by atoms with E-state index < -0.39 is 0 Å². The van der Waals surface area contributed by atoms with Crippen molar-refractivity contribution in [1.29, 1.82) is 0 Å². The first-order valence-electron chi connectivity index (χ1n) is 7.16. The summed E-state index contributed by atoms with van der Waals surface area (Å²) in [6, 6.07) is 2.86. The van der Waals surface area contributed by atoms with Gasteiger partial charge in [0.25, 0.3) is 0 Å². The van der Waals surface area contributed by atoms with Gasteiger partial charge in [0, 0.05) is 31.0 Å². The summed E-state index contributed by atoms with van der Waals surface area (Å²) in [7, 11) is 0. The minimum Gasteiger partial charge on any atom is -0.353 e. The molecular weight excluding hydrogens is 240 g/mol. The maximum atomic E-state index is 11.8. The van der Waals surface area contributed by atoms with Crippen LogP contribution in [0.15, 0.2) is 18.5 Å². The molecule has 1 aliphatic heterocycles. The summed E-state index contributed by atoms with van der Waals surface area (Å²) in [4.78, 5) is 14.3. The lowest BCUT2D eigenvalue weighted by atomic mass is 10.0. The standard InChI is InChI=1S/C14H24N4O/c1-12-6-3-4-9-18(12)13(2)10-15-14(19)11-17-8-5-7-16-17/h5,7-8,12-13H,3-4,6,9-11H2,1-2H3,(H,15,19)/t12-,13+/m1/s1. The molecule has 1 N–H and O–H groups in total. The molecule has 1 aromatic heterocycles. The summed E-state index contributed by atoms with van der Waals surface area (Å²) >= 11 is 0. The molecule has 5 nitrogen and oxygen atoms in total. The summed E-state index contributed by atoms with van der Waals surface area (Å²) in [5, 5.41) is 7.03. The normalized spacial score (nSPS) is 22.1. The summed E-state index contributed by atoms with van der Waals surface area (Å²) < 4.78 is 1.64. The lowest BCUT2D eigenvalue weighted by molar-refractivity contribution is -0.122. The molecule has 1 saturated heterocycles. The summed E-state index contributed by atoms with van der Waals surface area (Å²) in [5.41, 5.74) is 0. The lowest BCUT2D eigenvalue weighted by Crippen LogP contribution is -2.48. The van der Waals surface area contributed by atoms with Gasteiger partial charge in [0.1, 0.15) is 6.54 Å². The molecule has 0 aliphatic carbocycles. The Morgan fingerprint density at radius 1 is 1.53 bits per heavy atom. The topological polar surface area (TPSA) is 50.2 Å². The fraction of sp³-hybridized carbons (Fsp3) is 0.714. The Morgan fingerprint density at radius 3 is 3.05 bits per heavy atom. The van der Waals surface area contributed by atoms with E-state index >= 15 is 0 Å². The molecule has 0 saturated carbocycles. The Labute approximate surface area is 115 Å². The van der Waals surface area contributed by atoms with Gasteiger partial charge in [-0.15, -0.1) is 0 Å². The van der Waals surface area contributed by atoms with E-state index in [4.69, 9.17) is 0 Å². The molecule has 2 rings (SSSR count). The monoisotopic (exact) mass is 264 g/mol. The molecule has 1 aromatic rings. The molecular formula is C14H24N4O. The van der Waals surface area contributed by atoms with Crippen molar-refractivity contribution in [3.63, 3.8) is 0 Å². The number of nitrogens with one attached hydrogen (secondary N) is 1. The third-order valence-corrected chi connectivity index (χ3v) is 3.88. The molecule has 1 aliphatic rings. The highest BCUT2D eigenvalue weighted by Crippen LogP contribution is 2.18. The van der Waals surface area contributed by atoms with Crippen LogP contribution in [0, 0.1) is 0 Å². The van der Waals surface area contributed by atoms with E-state index in [0.29, 0.717) is 25.2 Å². The smallest absolute Gasteiger partial charge is 0.241 e. The predicted octanol–water partition coefficient (Wildman–Crippen LogP) is 1.26. The molecule has 5 heteroatoms. The van der Waals surface area contributed by atoms with Gasteiger partial charge in [0.05, 0.1) is 0 Å². The van der Waals surface area contributed by atoms with E-state index in [9.17, 15) is 4.79 Å². The van der Waals surface area contributed by atoms with E-state index in [2.05, 4.69) is 29.2 Å². The van der Waals surface area contributed by atoms with Crippen LogP contribution in [0.3, 0.4) is 0 Å². The quantitative estimate of drug-likeness (QED) is 0.871. The Hall–Kier alpha value is -1.36. The Bertz CT molecular complexity index is 390. The SMILES string of the molecule is C[C@@H]1CCCCN1[C@@H](C)CNC(=O)Cn1cccn1. The number of piperidine rings is 1. The minimum atomic E-state index is 0.0280. The molecule has 106 valence electrons. The number of carbonyl (C=O) groups is 1. The molecule has 1 amide bonds. The van der Waals surface area contributed by atoms with Gasteiger partial charge in [-0.05, 0) is 39.3 Å². The van der Waals surface area contributed by atoms with Gasteiger partial charge >= 0.3 is 0 Å². The number of amides is 1. The molecule has 2 atom stereocenters. The maximum Gasteiger partial charge on any atom is 0.241 e. The number of likely N-dealkylation sites (tertiary alicyclic amines) is 1. The minimum absolute atomic E-state index is 0.0280. The zero-order valence-corrected chi connectivity index (χ0v) is 11.9. The van der Waals surface area contributed by atoms with Crippen molar-refractivity contribution >= 4 is 5.91 Å². The van der Waals surface area contributed by atoms with Crippen LogP contribution >= 0.6 is 0 Å². The van der Waals surface area contributed by atoms with Gasteiger partial charge in [-0.25, -0.2) is 0 Å². The van der Waals surface area contributed by atoms with Gasteiger partial charge in [0.2, 0.25) is 5.91 Å². The fourth-order valence-corrected chi connectivity index (χ4v) is 2.75. The van der Waals surface area contributed by atoms with Crippen LogP contribution in [0.2, 0.25) is 0 Å². The third-order valence-electron chi connectivity index (χ3n) is 3.88. The van der Waals surface area contributed by atoms with Crippen LogP contribution in [0.5, 0.6) is 0 Å². The highest BCUT2D eigenvalue weighted by molar-refractivity contribution is 5.75. The first-order chi connectivity index (χ1) is 9.16. The Balaban J connectivity index is 1.73. The largest absolute Gasteiger partial charge is 0.353 e. The molecule has 0 aromatic carbocycles. The zero-order chi connectivity index (χ0) is 13.7. The van der Waals surface area contributed by atoms with Crippen molar-refractivity contribution in [2.75, 3.05) is 13.1 Å². The number of rotatable bonds is 5. The van der Waals surface area contributed by atoms with E-state index in [1.165, 1.54) is 19.3 Å². The molecule has 19 heavy (non-hydrogen) atoms. The molecule has 0 unspecified atom stereocenters. The third kappa shape index (κ3) is 4.06. The van der Waals surface area contributed by atoms with E-state index in [1.807, 2.05) is 6.07 Å². The van der Waals surface area contributed by atoms with Crippen LogP contribution < -0.4 is 5.32 Å². The number of aromatic nitrogens is 2. The van der Waals surface area contributed by atoms with Gasteiger partial charge in [-0.2, -0.15) is 5.10 Å². The first kappa shape index (κ1) is 14.1. The van der Waals surface area contributed by atoms with Crippen molar-refractivity contribution in [3.05, 3.63) is 18.5 Å². The Kier molecular flexibility index (Phi) is 4.96. The molecule has 1 fully saturated rings. The van der Waals surface area contributed by atoms with Crippen LogP contribution in [0.1, 0.15) is 33.1 Å². The summed E-state index contributed by atoms with van der Waals surface area (Å²) in [5.74, 6) is 0.0280. The predicted molar refractivity (Wildman–Crippen MR) is 74.7 cm³/mol. The van der Waals surface area contributed by atoms with Crippen molar-refractivity contribution in [1.82, 2.24) is 20.0 Å². The molecule has 2 heterocycles. The van der Waals surface area contributed by atoms with Gasteiger partial charge in [0.15, 0.2) is 0 Å². The van der Waals surface area contributed by atoms with Crippen LogP contribution in [0.25, 0.3) is 0 Å². The van der Waals surface area contributed by atoms with E-state index in [-0.39, 0.29) is 5.91 Å². The van der Waals surface area contributed by atoms with Crippen LogP contribution in [0.4, 0.5) is 0 Å². The number of hydrogen-bond donors (Lipinski definition) is 1. The second-order valence-corrected chi connectivity index (χ2v) is 5.44. The molecule has 0 radical (unpaired) electrons. The lowest BCUT2D eigenvalue weighted by Gasteiger charge is -2.38. The number of hydrogen-bond acceptors (Lipinski definition) is 3. The van der Waals surface area contributed by atoms with Crippen molar-refractivity contribution in [2.45, 2.75) is 51.7 Å². The highest BCUT2D eigenvalue weighted by Gasteiger charge is 2.23. The van der Waals surface area contributed by atoms with Crippen LogP contribution in [-0.4, -0.2) is 45.8 Å². The maximum absolute atomic E-state index is 11.8. The van der Waals surface area contributed by atoms with E-state index in [0.717, 1.165) is 6.54 Å². The van der Waals surface area contributed by atoms with Gasteiger partial charge in [-0.3, -0.25) is 14.4 Å². The van der Waals surface area contributed by atoms with E-state index in [1.54, 1.807) is 17.1 Å². The average molecular weight is 264 g/mol. The fourth-order valence-electron chi connectivity index (χ4n) is 2.75. The number of nitrogens with zero attached hydrogens (tertiary/aromatic N) is 3. The van der Waals surface area contributed by atoms with Crippen molar-refractivity contribution in [3.8, 4) is 0 Å². The van der Waals surface area contributed by atoms with Crippen molar-refractivity contribution in [2.24, 2.45) is 0 Å². The second-order valence-electron chi connectivity index (χ2n) is 5.44. The molecule has 0 spiro atoms. The molecule has 0 bridgehead atoms. The Morgan fingerprint density at radius 2 is 2.37 bits per heavy atom. The zero-order valence-electron chi connectivity index (χ0n) is 11.9. The number of carbonyl (C=O) groups excluding carboxylic acids is 1. The van der Waals surface area contributed by atoms with Crippen LogP contribution in [-0.2, 0) is 11.3 Å². The average Bonchev–Trinajstić information content (AvgIpc) is 2.89. The second kappa shape index (κ2) is 6.70. The summed E-state index contributed by atoms with van der Waals surface area (Å²) in [6.07, 6.45) is 7.36. The highest BCUT2D eigenvalue weighted by atomic mass is 16.2.